The summed E-state index contributed by atoms with van der Waals surface area (Å²) in [7, 11) is 0. The Balaban J connectivity index is 1.81. The Morgan fingerprint density at radius 3 is 2.67 bits per heavy atom. The summed E-state index contributed by atoms with van der Waals surface area (Å²) in [5.74, 6) is 1.56. The third-order valence-corrected chi connectivity index (χ3v) is 4.20. The van der Waals surface area contributed by atoms with Gasteiger partial charge in [-0.2, -0.15) is 0 Å². The van der Waals surface area contributed by atoms with E-state index in [4.69, 9.17) is 27.9 Å². The van der Waals surface area contributed by atoms with Crippen LogP contribution in [0, 0.1) is 6.92 Å². The largest absolute Gasteiger partial charge is 0.457 e. The summed E-state index contributed by atoms with van der Waals surface area (Å²) in [5, 5.41) is 4.91. The van der Waals surface area contributed by atoms with Crippen molar-refractivity contribution in [2.24, 2.45) is 0 Å². The molecule has 21 heavy (non-hydrogen) atoms. The predicted octanol–water partition coefficient (Wildman–Crippen LogP) is 5.35. The van der Waals surface area contributed by atoms with Crippen LogP contribution >= 0.6 is 23.2 Å². The molecule has 2 nitrogen and oxygen atoms in total. The number of ether oxygens (including phenoxy) is 1. The molecule has 2 aromatic carbocycles. The Morgan fingerprint density at radius 1 is 1.14 bits per heavy atom. The molecule has 2 aromatic rings. The minimum Gasteiger partial charge on any atom is -0.457 e. The maximum absolute atomic E-state index is 6.09. The molecule has 0 unspecified atom stereocenters. The van der Waals surface area contributed by atoms with Gasteiger partial charge in [0.1, 0.15) is 11.5 Å². The van der Waals surface area contributed by atoms with Crippen LogP contribution in [0.1, 0.15) is 24.0 Å². The lowest BCUT2D eigenvalue weighted by molar-refractivity contribution is 0.472. The summed E-state index contributed by atoms with van der Waals surface area (Å²) in [4.78, 5) is 0. The molecule has 0 saturated heterocycles. The van der Waals surface area contributed by atoms with E-state index in [1.807, 2.05) is 43.3 Å². The summed E-state index contributed by atoms with van der Waals surface area (Å²) < 4.78 is 6.00. The minimum absolute atomic E-state index is 0.659. The van der Waals surface area contributed by atoms with Crippen LogP contribution in [0.2, 0.25) is 10.0 Å². The first-order chi connectivity index (χ1) is 10.1. The number of halogens is 2. The Labute approximate surface area is 135 Å². The minimum atomic E-state index is 0.659. The van der Waals surface area contributed by atoms with E-state index >= 15 is 0 Å². The van der Waals surface area contributed by atoms with E-state index in [9.17, 15) is 0 Å². The smallest absolute Gasteiger partial charge is 0.133 e. The highest BCUT2D eigenvalue weighted by Crippen LogP contribution is 2.31. The maximum atomic E-state index is 6.09. The zero-order chi connectivity index (χ0) is 14.8. The quantitative estimate of drug-likeness (QED) is 0.801. The summed E-state index contributed by atoms with van der Waals surface area (Å²) in [6.45, 7) is 2.76. The second kappa shape index (κ2) is 6.27. The Kier molecular flexibility index (Phi) is 4.39. The number of nitrogens with one attached hydrogen (secondary N) is 1. The molecule has 0 radical (unpaired) electrons. The van der Waals surface area contributed by atoms with Crippen molar-refractivity contribution in [3.8, 4) is 11.5 Å². The van der Waals surface area contributed by atoms with Crippen LogP contribution < -0.4 is 10.1 Å². The molecule has 1 saturated carbocycles. The molecule has 1 aliphatic carbocycles. The third-order valence-electron chi connectivity index (χ3n) is 3.54. The van der Waals surface area contributed by atoms with Gasteiger partial charge in [0.25, 0.3) is 0 Å². The molecule has 1 aliphatic rings. The van der Waals surface area contributed by atoms with E-state index in [0.29, 0.717) is 11.1 Å². The van der Waals surface area contributed by atoms with Gasteiger partial charge in [-0.15, -0.1) is 0 Å². The SMILES string of the molecule is Cc1cc(Oc2cc(Cl)ccc2CNC2CC2)ccc1Cl. The van der Waals surface area contributed by atoms with Crippen LogP contribution in [0.3, 0.4) is 0 Å². The van der Waals surface area contributed by atoms with Gasteiger partial charge in [0.2, 0.25) is 0 Å². The normalized spacial score (nSPS) is 14.2. The van der Waals surface area contributed by atoms with Gasteiger partial charge in [-0.05, 0) is 55.7 Å². The first-order valence-electron chi connectivity index (χ1n) is 7.07. The van der Waals surface area contributed by atoms with Gasteiger partial charge >= 0.3 is 0 Å². The van der Waals surface area contributed by atoms with Gasteiger partial charge in [0.15, 0.2) is 0 Å². The standard InChI is InChI=1S/C17H17Cl2NO/c1-11-8-15(6-7-16(11)19)21-17-9-13(18)3-2-12(17)10-20-14-4-5-14/h2-3,6-9,14,20H,4-5,10H2,1H3. The zero-order valence-electron chi connectivity index (χ0n) is 11.8. The van der Waals surface area contributed by atoms with Gasteiger partial charge in [-0.3, -0.25) is 0 Å². The van der Waals surface area contributed by atoms with Crippen molar-refractivity contribution in [1.29, 1.82) is 0 Å². The number of aryl methyl sites for hydroxylation is 1. The highest BCUT2D eigenvalue weighted by atomic mass is 35.5. The highest BCUT2D eigenvalue weighted by molar-refractivity contribution is 6.31. The van der Waals surface area contributed by atoms with E-state index in [2.05, 4.69) is 5.32 Å². The summed E-state index contributed by atoms with van der Waals surface area (Å²) in [5.41, 5.74) is 2.10. The van der Waals surface area contributed by atoms with Crippen molar-refractivity contribution in [2.75, 3.05) is 0 Å². The zero-order valence-corrected chi connectivity index (χ0v) is 13.3. The second-order valence-corrected chi connectivity index (χ2v) is 6.26. The lowest BCUT2D eigenvalue weighted by Crippen LogP contribution is -2.15. The monoisotopic (exact) mass is 321 g/mol. The van der Waals surface area contributed by atoms with Crippen molar-refractivity contribution >= 4 is 23.2 Å². The molecular formula is C17H17Cl2NO. The molecule has 0 atom stereocenters. The first-order valence-corrected chi connectivity index (χ1v) is 7.83. The van der Waals surface area contributed by atoms with Crippen LogP contribution in [0.5, 0.6) is 11.5 Å². The van der Waals surface area contributed by atoms with Crippen molar-refractivity contribution in [1.82, 2.24) is 5.32 Å². The third kappa shape index (κ3) is 3.91. The predicted molar refractivity (Wildman–Crippen MR) is 87.6 cm³/mol. The molecule has 0 bridgehead atoms. The van der Waals surface area contributed by atoms with Crippen molar-refractivity contribution < 1.29 is 4.74 Å². The Hall–Kier alpha value is -1.22. The van der Waals surface area contributed by atoms with E-state index in [0.717, 1.165) is 34.2 Å². The molecule has 0 heterocycles. The molecule has 0 amide bonds. The van der Waals surface area contributed by atoms with Crippen LogP contribution in [0.25, 0.3) is 0 Å². The van der Waals surface area contributed by atoms with Crippen LogP contribution in [-0.2, 0) is 6.54 Å². The summed E-state index contributed by atoms with van der Waals surface area (Å²) in [6.07, 6.45) is 2.53. The van der Waals surface area contributed by atoms with E-state index in [1.54, 1.807) is 0 Å². The number of rotatable bonds is 5. The van der Waals surface area contributed by atoms with E-state index in [-0.39, 0.29) is 0 Å². The summed E-state index contributed by atoms with van der Waals surface area (Å²) >= 11 is 12.1. The number of benzene rings is 2. The number of hydrogen-bond donors (Lipinski definition) is 1. The topological polar surface area (TPSA) is 21.3 Å². The van der Waals surface area contributed by atoms with Gasteiger partial charge in [-0.1, -0.05) is 29.3 Å². The number of hydrogen-bond acceptors (Lipinski definition) is 2. The fraction of sp³-hybridized carbons (Fsp3) is 0.294. The van der Waals surface area contributed by atoms with E-state index in [1.165, 1.54) is 12.8 Å². The average molecular weight is 322 g/mol. The molecule has 0 aliphatic heterocycles. The van der Waals surface area contributed by atoms with Crippen molar-refractivity contribution in [3.05, 3.63) is 57.6 Å². The fourth-order valence-corrected chi connectivity index (χ4v) is 2.40. The van der Waals surface area contributed by atoms with Crippen LogP contribution in [0.15, 0.2) is 36.4 Å². The van der Waals surface area contributed by atoms with E-state index < -0.39 is 0 Å². The highest BCUT2D eigenvalue weighted by Gasteiger charge is 2.20. The molecule has 1 N–H and O–H groups in total. The maximum Gasteiger partial charge on any atom is 0.133 e. The lowest BCUT2D eigenvalue weighted by Gasteiger charge is -2.13. The van der Waals surface area contributed by atoms with Gasteiger partial charge in [0, 0.05) is 28.2 Å². The Morgan fingerprint density at radius 2 is 1.95 bits per heavy atom. The second-order valence-electron chi connectivity index (χ2n) is 5.42. The fourth-order valence-electron chi connectivity index (χ4n) is 2.12. The van der Waals surface area contributed by atoms with Crippen molar-refractivity contribution in [2.45, 2.75) is 32.4 Å². The average Bonchev–Trinajstić information content (AvgIpc) is 3.26. The molecule has 110 valence electrons. The Bertz CT molecular complexity index is 653. The van der Waals surface area contributed by atoms with Crippen LogP contribution in [-0.4, -0.2) is 6.04 Å². The molecule has 4 heteroatoms. The van der Waals surface area contributed by atoms with Gasteiger partial charge < -0.3 is 10.1 Å². The van der Waals surface area contributed by atoms with Crippen LogP contribution in [0.4, 0.5) is 0 Å². The van der Waals surface area contributed by atoms with Gasteiger partial charge in [0.05, 0.1) is 0 Å². The first kappa shape index (κ1) is 14.7. The summed E-state index contributed by atoms with van der Waals surface area (Å²) in [6, 6.07) is 12.1. The molecule has 3 rings (SSSR count). The molecule has 0 spiro atoms. The lowest BCUT2D eigenvalue weighted by atomic mass is 10.2. The van der Waals surface area contributed by atoms with Gasteiger partial charge in [-0.25, -0.2) is 0 Å². The molecule has 1 fully saturated rings. The van der Waals surface area contributed by atoms with Crippen molar-refractivity contribution in [3.63, 3.8) is 0 Å². The molecular weight excluding hydrogens is 305 g/mol. The molecule has 0 aromatic heterocycles.